The molecule has 1 N–H and O–H groups in total. The number of hydrogen-bond donors (Lipinski definition) is 1. The van der Waals surface area contributed by atoms with Gasteiger partial charge in [0.15, 0.2) is 0 Å². The Morgan fingerprint density at radius 3 is 2.93 bits per heavy atom. The van der Waals surface area contributed by atoms with Crippen LogP contribution in [0.15, 0.2) is 35.3 Å². The second-order valence-corrected chi connectivity index (χ2v) is 5.02. The first-order chi connectivity index (χ1) is 7.13. The topological polar surface area (TPSA) is 29.1 Å². The van der Waals surface area contributed by atoms with E-state index >= 15 is 0 Å². The van der Waals surface area contributed by atoms with Gasteiger partial charge < -0.3 is 5.32 Å². The Balaban J connectivity index is 2.60. The molecule has 4 heteroatoms. The van der Waals surface area contributed by atoms with Crippen LogP contribution >= 0.6 is 38.5 Å². The van der Waals surface area contributed by atoms with E-state index in [0.29, 0.717) is 12.8 Å². The number of anilines is 1. The standard InChI is InChI=1S/C11H11BrINO/c1-2-3-4-11(15)14-8-5-6-9(12)10(13)7-8/h2,5-7H,1,3-4H2,(H,14,15). The fourth-order valence-corrected chi connectivity index (χ4v) is 1.79. The lowest BCUT2D eigenvalue weighted by Crippen LogP contribution is -2.10. The van der Waals surface area contributed by atoms with Gasteiger partial charge in [0.2, 0.25) is 5.91 Å². The van der Waals surface area contributed by atoms with Gasteiger partial charge in [-0.25, -0.2) is 0 Å². The van der Waals surface area contributed by atoms with Gasteiger partial charge in [0.05, 0.1) is 0 Å². The van der Waals surface area contributed by atoms with E-state index in [9.17, 15) is 4.79 Å². The summed E-state index contributed by atoms with van der Waals surface area (Å²) in [5, 5.41) is 2.83. The molecular weight excluding hydrogens is 369 g/mol. The zero-order valence-electron chi connectivity index (χ0n) is 8.09. The molecule has 0 aliphatic heterocycles. The van der Waals surface area contributed by atoms with Crippen LogP contribution in [0.25, 0.3) is 0 Å². The minimum atomic E-state index is 0.0213. The fourth-order valence-electron chi connectivity index (χ4n) is 1.03. The summed E-state index contributed by atoms with van der Waals surface area (Å²) >= 11 is 5.62. The molecule has 0 heterocycles. The highest BCUT2D eigenvalue weighted by Gasteiger charge is 2.02. The van der Waals surface area contributed by atoms with Gasteiger partial charge >= 0.3 is 0 Å². The molecule has 1 amide bonds. The zero-order chi connectivity index (χ0) is 11.3. The smallest absolute Gasteiger partial charge is 0.224 e. The van der Waals surface area contributed by atoms with E-state index in [1.165, 1.54) is 0 Å². The van der Waals surface area contributed by atoms with Crippen LogP contribution in [-0.2, 0) is 4.79 Å². The molecule has 15 heavy (non-hydrogen) atoms. The molecule has 0 spiro atoms. The average molecular weight is 380 g/mol. The van der Waals surface area contributed by atoms with Crippen LogP contribution < -0.4 is 5.32 Å². The van der Waals surface area contributed by atoms with Gasteiger partial charge in [-0.15, -0.1) is 6.58 Å². The first-order valence-corrected chi connectivity index (χ1v) is 6.36. The van der Waals surface area contributed by atoms with Gasteiger partial charge in [-0.2, -0.15) is 0 Å². The van der Waals surface area contributed by atoms with Gasteiger partial charge in [0, 0.05) is 20.2 Å². The Hall–Kier alpha value is -0.360. The van der Waals surface area contributed by atoms with Gasteiger partial charge in [-0.3, -0.25) is 4.79 Å². The van der Waals surface area contributed by atoms with Crippen LogP contribution in [-0.4, -0.2) is 5.91 Å². The molecule has 1 aromatic carbocycles. The average Bonchev–Trinajstić information content (AvgIpc) is 2.20. The predicted octanol–water partition coefficient (Wildman–Crippen LogP) is 3.96. The quantitative estimate of drug-likeness (QED) is 0.622. The Kier molecular flexibility index (Phi) is 5.31. The molecule has 0 fully saturated rings. The first-order valence-electron chi connectivity index (χ1n) is 4.49. The summed E-state index contributed by atoms with van der Waals surface area (Å²) in [7, 11) is 0. The molecule has 0 unspecified atom stereocenters. The number of rotatable bonds is 4. The summed E-state index contributed by atoms with van der Waals surface area (Å²) in [6.07, 6.45) is 2.93. The summed E-state index contributed by atoms with van der Waals surface area (Å²) < 4.78 is 2.11. The summed E-state index contributed by atoms with van der Waals surface area (Å²) in [5.41, 5.74) is 0.830. The van der Waals surface area contributed by atoms with Crippen LogP contribution in [0.5, 0.6) is 0 Å². The fraction of sp³-hybridized carbons (Fsp3) is 0.182. The van der Waals surface area contributed by atoms with Crippen LogP contribution in [0.4, 0.5) is 5.69 Å². The Morgan fingerprint density at radius 1 is 1.60 bits per heavy atom. The summed E-state index contributed by atoms with van der Waals surface area (Å²) in [4.78, 5) is 11.4. The van der Waals surface area contributed by atoms with Crippen molar-refractivity contribution in [3.63, 3.8) is 0 Å². The molecule has 2 nitrogen and oxygen atoms in total. The normalized spacial score (nSPS) is 9.73. The van der Waals surface area contributed by atoms with Crippen molar-refractivity contribution >= 4 is 50.1 Å². The highest BCUT2D eigenvalue weighted by molar-refractivity contribution is 14.1. The van der Waals surface area contributed by atoms with Crippen molar-refractivity contribution in [2.75, 3.05) is 5.32 Å². The monoisotopic (exact) mass is 379 g/mol. The number of carbonyl (C=O) groups is 1. The third-order valence-electron chi connectivity index (χ3n) is 1.78. The molecule has 0 saturated heterocycles. The minimum absolute atomic E-state index is 0.0213. The molecule has 0 aromatic heterocycles. The largest absolute Gasteiger partial charge is 0.326 e. The maximum absolute atomic E-state index is 11.4. The zero-order valence-corrected chi connectivity index (χ0v) is 11.8. The molecule has 0 aliphatic carbocycles. The number of hydrogen-bond acceptors (Lipinski definition) is 1. The third-order valence-corrected chi connectivity index (χ3v) is 4.10. The maximum Gasteiger partial charge on any atom is 0.224 e. The molecule has 80 valence electrons. The SMILES string of the molecule is C=CCCC(=O)Nc1ccc(Br)c(I)c1. The second-order valence-electron chi connectivity index (χ2n) is 3.00. The molecule has 1 aromatic rings. The number of carbonyl (C=O) groups excluding carboxylic acids is 1. The Bertz CT molecular complexity index is 379. The van der Waals surface area contributed by atoms with E-state index < -0.39 is 0 Å². The van der Waals surface area contributed by atoms with E-state index in [4.69, 9.17) is 0 Å². The van der Waals surface area contributed by atoms with Gasteiger partial charge in [-0.1, -0.05) is 6.08 Å². The number of amides is 1. The van der Waals surface area contributed by atoms with Crippen LogP contribution in [0, 0.1) is 3.57 Å². The lowest BCUT2D eigenvalue weighted by atomic mass is 10.2. The Labute approximate surface area is 111 Å². The molecule has 0 bridgehead atoms. The van der Waals surface area contributed by atoms with Crippen molar-refractivity contribution in [1.29, 1.82) is 0 Å². The highest BCUT2D eigenvalue weighted by Crippen LogP contribution is 2.22. The number of allylic oxidation sites excluding steroid dienone is 1. The van der Waals surface area contributed by atoms with E-state index in [1.54, 1.807) is 6.08 Å². The van der Waals surface area contributed by atoms with Crippen molar-refractivity contribution in [3.8, 4) is 0 Å². The summed E-state index contributed by atoms with van der Waals surface area (Å²) in [5.74, 6) is 0.0213. The molecule has 0 radical (unpaired) electrons. The third kappa shape index (κ3) is 4.34. The minimum Gasteiger partial charge on any atom is -0.326 e. The predicted molar refractivity (Wildman–Crippen MR) is 74.9 cm³/mol. The molecule has 1 rings (SSSR count). The molecular formula is C11H11BrINO. The van der Waals surface area contributed by atoms with Gasteiger partial charge in [-0.05, 0) is 63.1 Å². The summed E-state index contributed by atoms with van der Waals surface area (Å²) in [6.45, 7) is 3.58. The number of benzene rings is 1. The van der Waals surface area contributed by atoms with Crippen molar-refractivity contribution in [1.82, 2.24) is 0 Å². The Morgan fingerprint density at radius 2 is 2.33 bits per heavy atom. The van der Waals surface area contributed by atoms with E-state index in [1.807, 2.05) is 18.2 Å². The maximum atomic E-state index is 11.4. The van der Waals surface area contributed by atoms with E-state index in [-0.39, 0.29) is 5.91 Å². The van der Waals surface area contributed by atoms with Crippen molar-refractivity contribution in [3.05, 3.63) is 38.9 Å². The van der Waals surface area contributed by atoms with Crippen LogP contribution in [0.3, 0.4) is 0 Å². The molecule has 0 aliphatic rings. The molecule has 0 atom stereocenters. The van der Waals surface area contributed by atoms with Gasteiger partial charge in [0.25, 0.3) is 0 Å². The van der Waals surface area contributed by atoms with Crippen molar-refractivity contribution in [2.24, 2.45) is 0 Å². The van der Waals surface area contributed by atoms with Gasteiger partial charge in [0.1, 0.15) is 0 Å². The first kappa shape index (κ1) is 12.7. The van der Waals surface area contributed by atoms with Crippen molar-refractivity contribution in [2.45, 2.75) is 12.8 Å². The lowest BCUT2D eigenvalue weighted by Gasteiger charge is -2.05. The van der Waals surface area contributed by atoms with E-state index in [2.05, 4.69) is 50.4 Å². The van der Waals surface area contributed by atoms with Crippen LogP contribution in [0.2, 0.25) is 0 Å². The number of nitrogens with one attached hydrogen (secondary N) is 1. The summed E-state index contributed by atoms with van der Waals surface area (Å²) in [6, 6.07) is 5.72. The van der Waals surface area contributed by atoms with Crippen LogP contribution in [0.1, 0.15) is 12.8 Å². The molecule has 0 saturated carbocycles. The second kappa shape index (κ2) is 6.27. The highest BCUT2D eigenvalue weighted by atomic mass is 127. The number of halogens is 2. The van der Waals surface area contributed by atoms with Crippen molar-refractivity contribution < 1.29 is 4.79 Å². The van der Waals surface area contributed by atoms with E-state index in [0.717, 1.165) is 13.7 Å². The lowest BCUT2D eigenvalue weighted by molar-refractivity contribution is -0.116.